The molecule has 1 aliphatic heterocycles. The zero-order valence-corrected chi connectivity index (χ0v) is 18.7. The van der Waals surface area contributed by atoms with Crippen LogP contribution in [-0.2, 0) is 17.9 Å². The van der Waals surface area contributed by atoms with Crippen LogP contribution in [0.15, 0.2) is 0 Å². The van der Waals surface area contributed by atoms with Crippen molar-refractivity contribution in [2.24, 2.45) is 5.41 Å². The maximum atomic E-state index is 13.3. The van der Waals surface area contributed by atoms with Gasteiger partial charge in [0, 0.05) is 26.1 Å². The van der Waals surface area contributed by atoms with E-state index in [0.29, 0.717) is 18.2 Å². The normalized spacial score (nSPS) is 19.9. The Morgan fingerprint density at radius 1 is 1.10 bits per heavy atom. The molecule has 1 saturated carbocycles. The number of aromatic nitrogens is 2. The van der Waals surface area contributed by atoms with Gasteiger partial charge < -0.3 is 20.1 Å². The Bertz CT molecular complexity index is 743. The largest absolute Gasteiger partial charge is 0.357 e. The van der Waals surface area contributed by atoms with E-state index in [1.807, 2.05) is 20.8 Å². The van der Waals surface area contributed by atoms with Crippen LogP contribution in [0, 0.1) is 5.41 Å². The maximum absolute atomic E-state index is 13.3. The summed E-state index contributed by atoms with van der Waals surface area (Å²) in [6, 6.07) is -0.612. The van der Waals surface area contributed by atoms with Crippen LogP contribution in [0.2, 0.25) is 0 Å². The molecule has 1 aromatic rings. The number of rotatable bonds is 4. The molecule has 7 heteroatoms. The fourth-order valence-electron chi connectivity index (χ4n) is 4.62. The molecule has 3 rings (SSSR count). The Balaban J connectivity index is 1.96. The Kier molecular flexibility index (Phi) is 6.66. The molecule has 7 nitrogen and oxygen atoms in total. The van der Waals surface area contributed by atoms with Crippen molar-refractivity contribution < 1.29 is 9.59 Å². The summed E-state index contributed by atoms with van der Waals surface area (Å²) in [5.41, 5.74) is 1.10. The molecule has 2 heterocycles. The van der Waals surface area contributed by atoms with Crippen molar-refractivity contribution in [2.45, 2.75) is 84.3 Å². The van der Waals surface area contributed by atoms with Gasteiger partial charge in [0.25, 0.3) is 5.91 Å². The smallest absolute Gasteiger partial charge is 0.272 e. The molecule has 0 aromatic carbocycles. The molecule has 0 radical (unpaired) electrons. The average Bonchev–Trinajstić information content (AvgIpc) is 2.92. The number of carbonyl (C=O) groups excluding carboxylic acids is 2. The van der Waals surface area contributed by atoms with Gasteiger partial charge in [-0.05, 0) is 38.3 Å². The number of nitrogens with zero attached hydrogens (tertiary/aromatic N) is 3. The van der Waals surface area contributed by atoms with E-state index in [9.17, 15) is 9.59 Å². The Morgan fingerprint density at radius 3 is 2.41 bits per heavy atom. The molecule has 2 aliphatic rings. The van der Waals surface area contributed by atoms with Gasteiger partial charge in [-0.3, -0.25) is 9.59 Å². The zero-order chi connectivity index (χ0) is 21.2. The first-order valence-corrected chi connectivity index (χ1v) is 11.0. The maximum Gasteiger partial charge on any atom is 0.272 e. The minimum atomic E-state index is -0.612. The lowest BCUT2D eigenvalue weighted by atomic mass is 9.86. The highest BCUT2D eigenvalue weighted by molar-refractivity contribution is 5.97. The highest BCUT2D eigenvalue weighted by Gasteiger charge is 2.35. The lowest BCUT2D eigenvalue weighted by molar-refractivity contribution is -0.124. The molecule has 1 aliphatic carbocycles. The van der Waals surface area contributed by atoms with Crippen LogP contribution in [-0.4, -0.2) is 52.9 Å². The van der Waals surface area contributed by atoms with Crippen LogP contribution >= 0.6 is 0 Å². The van der Waals surface area contributed by atoms with E-state index < -0.39 is 11.5 Å². The monoisotopic (exact) mass is 403 g/mol. The van der Waals surface area contributed by atoms with Gasteiger partial charge in [-0.15, -0.1) is 0 Å². The number of carbonyl (C=O) groups is 2. The van der Waals surface area contributed by atoms with E-state index in [2.05, 4.69) is 27.1 Å². The van der Waals surface area contributed by atoms with Crippen molar-refractivity contribution in [3.63, 3.8) is 0 Å². The Labute approximate surface area is 174 Å². The summed E-state index contributed by atoms with van der Waals surface area (Å²) in [6.07, 6.45) is 7.11. The number of fused-ring (bicyclic) bond motifs is 1. The lowest BCUT2D eigenvalue weighted by Crippen LogP contribution is -2.53. The lowest BCUT2D eigenvalue weighted by Gasteiger charge is -2.29. The molecule has 1 atom stereocenters. The van der Waals surface area contributed by atoms with E-state index in [1.165, 1.54) is 19.3 Å². The Hall–Kier alpha value is -1.89. The SMILES string of the molecule is CNC(=O)C(NC(=O)c1nc(C2CCCCC2)n2c1CN(C)CCC2)C(C)(C)C. The fraction of sp³-hybridized carbons (Fsp3) is 0.773. The predicted octanol–water partition coefficient (Wildman–Crippen LogP) is 2.66. The summed E-state index contributed by atoms with van der Waals surface area (Å²) in [7, 11) is 3.69. The second kappa shape index (κ2) is 8.86. The third-order valence-electron chi connectivity index (χ3n) is 6.28. The van der Waals surface area contributed by atoms with E-state index in [-0.39, 0.29) is 11.8 Å². The van der Waals surface area contributed by atoms with E-state index in [4.69, 9.17) is 4.98 Å². The summed E-state index contributed by atoms with van der Waals surface area (Å²) in [5, 5.41) is 5.66. The molecule has 1 aromatic heterocycles. The van der Waals surface area contributed by atoms with E-state index in [0.717, 1.165) is 43.9 Å². The highest BCUT2D eigenvalue weighted by atomic mass is 16.2. The summed E-state index contributed by atoms with van der Waals surface area (Å²) < 4.78 is 2.31. The molecule has 1 fully saturated rings. The summed E-state index contributed by atoms with van der Waals surface area (Å²) in [5.74, 6) is 1.09. The molecule has 2 N–H and O–H groups in total. The number of hydrogen-bond acceptors (Lipinski definition) is 4. The number of likely N-dealkylation sites (N-methyl/N-ethyl adjacent to an activating group) is 1. The van der Waals surface area contributed by atoms with Crippen molar-refractivity contribution in [3.8, 4) is 0 Å². The first kappa shape index (κ1) is 21.8. The number of hydrogen-bond donors (Lipinski definition) is 2. The molecule has 0 spiro atoms. The van der Waals surface area contributed by atoms with Crippen molar-refractivity contribution in [2.75, 3.05) is 20.6 Å². The summed E-state index contributed by atoms with van der Waals surface area (Å²) in [4.78, 5) is 32.9. The minimum absolute atomic E-state index is 0.180. The van der Waals surface area contributed by atoms with Gasteiger partial charge in [0.2, 0.25) is 5.91 Å². The second-order valence-electron chi connectivity index (χ2n) is 9.73. The van der Waals surface area contributed by atoms with Crippen LogP contribution in [0.25, 0.3) is 0 Å². The first-order valence-electron chi connectivity index (χ1n) is 11.0. The molecule has 29 heavy (non-hydrogen) atoms. The molecular weight excluding hydrogens is 366 g/mol. The van der Waals surface area contributed by atoms with Crippen LogP contribution in [0.4, 0.5) is 0 Å². The van der Waals surface area contributed by atoms with Gasteiger partial charge in [-0.2, -0.15) is 0 Å². The number of amides is 2. The molecule has 1 unspecified atom stereocenters. The average molecular weight is 404 g/mol. The molecule has 0 bridgehead atoms. The summed E-state index contributed by atoms with van der Waals surface area (Å²) >= 11 is 0. The van der Waals surface area contributed by atoms with Gasteiger partial charge in [-0.1, -0.05) is 40.0 Å². The van der Waals surface area contributed by atoms with Gasteiger partial charge in [0.05, 0.1) is 5.69 Å². The zero-order valence-electron chi connectivity index (χ0n) is 18.7. The van der Waals surface area contributed by atoms with Gasteiger partial charge in [-0.25, -0.2) is 4.98 Å². The number of imidazole rings is 1. The highest BCUT2D eigenvalue weighted by Crippen LogP contribution is 2.34. The third-order valence-corrected chi connectivity index (χ3v) is 6.28. The first-order chi connectivity index (χ1) is 13.7. The quantitative estimate of drug-likeness (QED) is 0.810. The Morgan fingerprint density at radius 2 is 1.79 bits per heavy atom. The molecule has 162 valence electrons. The van der Waals surface area contributed by atoms with Gasteiger partial charge in [0.1, 0.15) is 11.9 Å². The van der Waals surface area contributed by atoms with Crippen LogP contribution < -0.4 is 10.6 Å². The van der Waals surface area contributed by atoms with Crippen molar-refractivity contribution in [1.29, 1.82) is 0 Å². The van der Waals surface area contributed by atoms with Crippen molar-refractivity contribution >= 4 is 11.8 Å². The van der Waals surface area contributed by atoms with Crippen LogP contribution in [0.1, 0.15) is 87.2 Å². The topological polar surface area (TPSA) is 79.3 Å². The molecular formula is C22H37N5O2. The number of nitrogens with one attached hydrogen (secondary N) is 2. The minimum Gasteiger partial charge on any atom is -0.357 e. The fourth-order valence-corrected chi connectivity index (χ4v) is 4.62. The van der Waals surface area contributed by atoms with Gasteiger partial charge in [0.15, 0.2) is 5.69 Å². The van der Waals surface area contributed by atoms with E-state index >= 15 is 0 Å². The standard InChI is InChI=1S/C22H37N5O2/c1-22(2,3)18(21(29)23-4)25-20(28)17-16-14-26(5)12-9-13-27(16)19(24-17)15-10-7-6-8-11-15/h15,18H,6-14H2,1-5H3,(H,23,29)(H,25,28). The summed E-state index contributed by atoms with van der Waals surface area (Å²) in [6.45, 7) is 8.51. The van der Waals surface area contributed by atoms with Crippen LogP contribution in [0.3, 0.4) is 0 Å². The molecule has 2 amide bonds. The predicted molar refractivity (Wildman–Crippen MR) is 114 cm³/mol. The van der Waals surface area contributed by atoms with Gasteiger partial charge >= 0.3 is 0 Å². The van der Waals surface area contributed by atoms with Crippen molar-refractivity contribution in [1.82, 2.24) is 25.1 Å². The van der Waals surface area contributed by atoms with Crippen molar-refractivity contribution in [3.05, 3.63) is 17.2 Å². The molecule has 0 saturated heterocycles. The van der Waals surface area contributed by atoms with Crippen LogP contribution in [0.5, 0.6) is 0 Å². The third kappa shape index (κ3) is 4.82. The van der Waals surface area contributed by atoms with E-state index in [1.54, 1.807) is 7.05 Å². The second-order valence-corrected chi connectivity index (χ2v) is 9.73.